The number of nitrogens with zero attached hydrogens (tertiary/aromatic N) is 1. The third kappa shape index (κ3) is 5.00. The Bertz CT molecular complexity index is 390. The molecule has 0 aromatic carbocycles. The molecule has 1 aromatic rings. The number of hydrogen-bond donors (Lipinski definition) is 1. The van der Waals surface area contributed by atoms with Crippen molar-refractivity contribution < 1.29 is 9.47 Å². The fourth-order valence-electron chi connectivity index (χ4n) is 2.50. The van der Waals surface area contributed by atoms with Gasteiger partial charge in [-0.2, -0.15) is 0 Å². The first kappa shape index (κ1) is 15.1. The molecule has 1 heterocycles. The van der Waals surface area contributed by atoms with Crippen LogP contribution in [-0.4, -0.2) is 30.3 Å². The molecule has 0 atom stereocenters. The molecule has 4 heteroatoms. The van der Waals surface area contributed by atoms with Crippen molar-refractivity contribution in [1.82, 2.24) is 4.98 Å². The molecular weight excluding hydrogens is 252 g/mol. The van der Waals surface area contributed by atoms with Crippen molar-refractivity contribution in [2.45, 2.75) is 58.2 Å². The maximum absolute atomic E-state index is 5.89. The highest BCUT2D eigenvalue weighted by Crippen LogP contribution is 2.22. The number of aromatic nitrogens is 1. The van der Waals surface area contributed by atoms with Crippen molar-refractivity contribution in [1.29, 1.82) is 0 Å². The van der Waals surface area contributed by atoms with Gasteiger partial charge in [-0.15, -0.1) is 0 Å². The van der Waals surface area contributed by atoms with Gasteiger partial charge in [-0.3, -0.25) is 0 Å². The van der Waals surface area contributed by atoms with Crippen LogP contribution in [0.25, 0.3) is 0 Å². The monoisotopic (exact) mass is 278 g/mol. The van der Waals surface area contributed by atoms with Crippen LogP contribution in [0.1, 0.15) is 46.0 Å². The topological polar surface area (TPSA) is 43.4 Å². The molecule has 1 aromatic heterocycles. The zero-order valence-corrected chi connectivity index (χ0v) is 12.6. The van der Waals surface area contributed by atoms with Gasteiger partial charge < -0.3 is 14.8 Å². The minimum atomic E-state index is 0.151. The summed E-state index contributed by atoms with van der Waals surface area (Å²) in [5, 5.41) is 3.30. The summed E-state index contributed by atoms with van der Waals surface area (Å²) in [6.07, 6.45) is 8.80. The van der Waals surface area contributed by atoms with Crippen LogP contribution in [0.2, 0.25) is 0 Å². The second-order valence-corrected chi connectivity index (χ2v) is 5.57. The molecular formula is C16H26N2O2. The molecule has 20 heavy (non-hydrogen) atoms. The van der Waals surface area contributed by atoms with E-state index in [1.54, 1.807) is 6.20 Å². The SMILES string of the molecule is CC(C)Oc1cccnc1NCCOC1CCCCC1. The molecule has 0 bridgehead atoms. The Morgan fingerprint density at radius 3 is 2.85 bits per heavy atom. The van der Waals surface area contributed by atoms with Gasteiger partial charge in [0.15, 0.2) is 11.6 Å². The van der Waals surface area contributed by atoms with E-state index in [9.17, 15) is 0 Å². The Balaban J connectivity index is 1.73. The van der Waals surface area contributed by atoms with Crippen LogP contribution in [0, 0.1) is 0 Å². The van der Waals surface area contributed by atoms with Gasteiger partial charge in [0.2, 0.25) is 0 Å². The van der Waals surface area contributed by atoms with Gasteiger partial charge >= 0.3 is 0 Å². The van der Waals surface area contributed by atoms with E-state index in [1.165, 1.54) is 32.1 Å². The summed E-state index contributed by atoms with van der Waals surface area (Å²) in [4.78, 5) is 4.32. The molecule has 1 aliphatic rings. The number of anilines is 1. The van der Waals surface area contributed by atoms with E-state index in [0.717, 1.165) is 24.7 Å². The second kappa shape index (κ2) is 8.10. The summed E-state index contributed by atoms with van der Waals surface area (Å²) in [5.41, 5.74) is 0. The molecule has 0 spiro atoms. The molecule has 0 aliphatic heterocycles. The third-order valence-corrected chi connectivity index (χ3v) is 3.43. The summed E-state index contributed by atoms with van der Waals surface area (Å²) < 4.78 is 11.6. The first-order valence-corrected chi connectivity index (χ1v) is 7.73. The summed E-state index contributed by atoms with van der Waals surface area (Å²) in [7, 11) is 0. The lowest BCUT2D eigenvalue weighted by molar-refractivity contribution is 0.0347. The number of rotatable bonds is 7. The first-order chi connectivity index (χ1) is 9.75. The molecule has 0 amide bonds. The number of hydrogen-bond acceptors (Lipinski definition) is 4. The summed E-state index contributed by atoms with van der Waals surface area (Å²) >= 11 is 0. The largest absolute Gasteiger partial charge is 0.487 e. The zero-order valence-electron chi connectivity index (χ0n) is 12.6. The van der Waals surface area contributed by atoms with Gasteiger partial charge in [-0.1, -0.05) is 19.3 Å². The smallest absolute Gasteiger partial charge is 0.168 e. The van der Waals surface area contributed by atoms with E-state index in [2.05, 4.69) is 10.3 Å². The van der Waals surface area contributed by atoms with Crippen LogP contribution in [0.15, 0.2) is 18.3 Å². The Morgan fingerprint density at radius 1 is 1.30 bits per heavy atom. The Kier molecular flexibility index (Phi) is 6.12. The molecule has 112 valence electrons. The lowest BCUT2D eigenvalue weighted by Crippen LogP contribution is -2.21. The summed E-state index contributed by atoms with van der Waals surface area (Å²) in [5.74, 6) is 1.61. The minimum Gasteiger partial charge on any atom is -0.487 e. The van der Waals surface area contributed by atoms with Crippen LogP contribution < -0.4 is 10.1 Å². The zero-order chi connectivity index (χ0) is 14.2. The third-order valence-electron chi connectivity index (χ3n) is 3.43. The standard InChI is InChI=1S/C16H26N2O2/c1-13(2)20-15-9-6-10-17-16(15)18-11-12-19-14-7-4-3-5-8-14/h6,9-10,13-14H,3-5,7-8,11-12H2,1-2H3,(H,17,18). The maximum Gasteiger partial charge on any atom is 0.168 e. The molecule has 0 radical (unpaired) electrons. The van der Waals surface area contributed by atoms with Crippen molar-refractivity contribution in [2.24, 2.45) is 0 Å². The summed E-state index contributed by atoms with van der Waals surface area (Å²) in [6.45, 7) is 5.52. The minimum absolute atomic E-state index is 0.151. The van der Waals surface area contributed by atoms with E-state index in [4.69, 9.17) is 9.47 Å². The van der Waals surface area contributed by atoms with Crippen molar-refractivity contribution >= 4 is 5.82 Å². The number of pyridine rings is 1. The van der Waals surface area contributed by atoms with E-state index < -0.39 is 0 Å². The van der Waals surface area contributed by atoms with Crippen LogP contribution in [-0.2, 0) is 4.74 Å². The number of ether oxygens (including phenoxy) is 2. The van der Waals surface area contributed by atoms with Crippen molar-refractivity contribution in [3.63, 3.8) is 0 Å². The fourth-order valence-corrected chi connectivity index (χ4v) is 2.50. The lowest BCUT2D eigenvalue weighted by atomic mass is 9.98. The molecule has 1 aliphatic carbocycles. The highest BCUT2D eigenvalue weighted by atomic mass is 16.5. The molecule has 1 N–H and O–H groups in total. The van der Waals surface area contributed by atoms with E-state index in [-0.39, 0.29) is 6.10 Å². The predicted molar refractivity (Wildman–Crippen MR) is 81.3 cm³/mol. The van der Waals surface area contributed by atoms with Gasteiger partial charge in [0.1, 0.15) is 0 Å². The van der Waals surface area contributed by atoms with Gasteiger partial charge in [-0.25, -0.2) is 4.98 Å². The molecule has 1 saturated carbocycles. The van der Waals surface area contributed by atoms with Crippen LogP contribution in [0.4, 0.5) is 5.82 Å². The molecule has 1 fully saturated rings. The van der Waals surface area contributed by atoms with Crippen molar-refractivity contribution in [3.05, 3.63) is 18.3 Å². The predicted octanol–water partition coefficient (Wildman–Crippen LogP) is 3.63. The molecule has 0 unspecified atom stereocenters. The molecule has 0 saturated heterocycles. The molecule has 4 nitrogen and oxygen atoms in total. The van der Waals surface area contributed by atoms with Crippen molar-refractivity contribution in [2.75, 3.05) is 18.5 Å². The van der Waals surface area contributed by atoms with Crippen LogP contribution in [0.3, 0.4) is 0 Å². The van der Waals surface area contributed by atoms with Gasteiger partial charge in [0.05, 0.1) is 18.8 Å². The number of nitrogens with one attached hydrogen (secondary N) is 1. The van der Waals surface area contributed by atoms with E-state index in [0.29, 0.717) is 6.10 Å². The Hall–Kier alpha value is -1.29. The first-order valence-electron chi connectivity index (χ1n) is 7.73. The van der Waals surface area contributed by atoms with E-state index in [1.807, 2.05) is 26.0 Å². The van der Waals surface area contributed by atoms with Gasteiger partial charge in [-0.05, 0) is 38.8 Å². The average Bonchev–Trinajstić information content (AvgIpc) is 2.46. The Morgan fingerprint density at radius 2 is 2.10 bits per heavy atom. The highest BCUT2D eigenvalue weighted by Gasteiger charge is 2.13. The quantitative estimate of drug-likeness (QED) is 0.773. The molecule has 2 rings (SSSR count). The van der Waals surface area contributed by atoms with Crippen LogP contribution >= 0.6 is 0 Å². The van der Waals surface area contributed by atoms with Gasteiger partial charge in [0, 0.05) is 12.7 Å². The second-order valence-electron chi connectivity index (χ2n) is 5.57. The van der Waals surface area contributed by atoms with Crippen molar-refractivity contribution in [3.8, 4) is 5.75 Å². The van der Waals surface area contributed by atoms with Gasteiger partial charge in [0.25, 0.3) is 0 Å². The normalized spacial score (nSPS) is 16.4. The van der Waals surface area contributed by atoms with E-state index >= 15 is 0 Å². The fraction of sp³-hybridized carbons (Fsp3) is 0.688. The Labute approximate surface area is 121 Å². The highest BCUT2D eigenvalue weighted by molar-refractivity contribution is 5.49. The summed E-state index contributed by atoms with van der Waals surface area (Å²) in [6, 6.07) is 3.83. The van der Waals surface area contributed by atoms with Crippen LogP contribution in [0.5, 0.6) is 5.75 Å². The average molecular weight is 278 g/mol. The maximum atomic E-state index is 5.89. The lowest BCUT2D eigenvalue weighted by Gasteiger charge is -2.22.